The topological polar surface area (TPSA) is 89.6 Å². The molecule has 0 saturated carbocycles. The average Bonchev–Trinajstić information content (AvgIpc) is 2.97. The van der Waals surface area contributed by atoms with Gasteiger partial charge in [0.25, 0.3) is 5.56 Å². The lowest BCUT2D eigenvalue weighted by molar-refractivity contribution is 0.143. The van der Waals surface area contributed by atoms with Crippen LogP contribution in [-0.2, 0) is 26.6 Å². The highest BCUT2D eigenvalue weighted by Crippen LogP contribution is 2.31. The summed E-state index contributed by atoms with van der Waals surface area (Å²) in [6.07, 6.45) is 4.20. The van der Waals surface area contributed by atoms with E-state index in [-0.39, 0.29) is 5.56 Å². The first-order valence-electron chi connectivity index (χ1n) is 11.3. The van der Waals surface area contributed by atoms with Gasteiger partial charge in [-0.25, -0.2) is 4.79 Å². The molecule has 1 aliphatic heterocycles. The van der Waals surface area contributed by atoms with Crippen molar-refractivity contribution in [3.8, 4) is 11.4 Å². The van der Waals surface area contributed by atoms with Crippen LogP contribution in [0, 0.1) is 6.92 Å². The number of hydrogen-bond donors (Lipinski definition) is 1. The SMILES string of the molecule is Cc1ccc(COc2ccn(-c3ccc4c5c(n(C)c4c3)CCCN(C(=O)O)C5)c(=O)c2)cn1. The lowest BCUT2D eigenvalue weighted by Gasteiger charge is -2.16. The van der Waals surface area contributed by atoms with Crippen molar-refractivity contribution in [1.29, 1.82) is 0 Å². The number of carbonyl (C=O) groups is 1. The number of ether oxygens (including phenoxy) is 1. The Kier molecular flexibility index (Phi) is 5.57. The Balaban J connectivity index is 1.43. The van der Waals surface area contributed by atoms with Crippen molar-refractivity contribution in [2.75, 3.05) is 6.54 Å². The Morgan fingerprint density at radius 3 is 2.76 bits per heavy atom. The first-order valence-corrected chi connectivity index (χ1v) is 11.3. The van der Waals surface area contributed by atoms with Gasteiger partial charge in [0.05, 0.1) is 17.7 Å². The Bertz CT molecular complexity index is 1440. The molecule has 1 aliphatic rings. The molecule has 0 spiro atoms. The van der Waals surface area contributed by atoms with E-state index in [4.69, 9.17) is 4.74 Å². The van der Waals surface area contributed by atoms with Crippen LogP contribution in [0.2, 0.25) is 0 Å². The molecular formula is C26H26N4O4. The molecule has 3 aromatic heterocycles. The van der Waals surface area contributed by atoms with Crippen molar-refractivity contribution in [2.24, 2.45) is 7.05 Å². The predicted octanol–water partition coefficient (Wildman–Crippen LogP) is 4.04. The fourth-order valence-electron chi connectivity index (χ4n) is 4.59. The second-order valence-electron chi connectivity index (χ2n) is 8.66. The maximum Gasteiger partial charge on any atom is 0.407 e. The maximum atomic E-state index is 12.9. The van der Waals surface area contributed by atoms with E-state index >= 15 is 0 Å². The van der Waals surface area contributed by atoms with E-state index in [9.17, 15) is 14.7 Å². The third-order valence-corrected chi connectivity index (χ3v) is 6.43. The second-order valence-corrected chi connectivity index (χ2v) is 8.66. The predicted molar refractivity (Wildman–Crippen MR) is 129 cm³/mol. The van der Waals surface area contributed by atoms with E-state index in [0.29, 0.717) is 25.4 Å². The van der Waals surface area contributed by atoms with Crippen molar-refractivity contribution in [1.82, 2.24) is 19.0 Å². The van der Waals surface area contributed by atoms with Crippen LogP contribution >= 0.6 is 0 Å². The van der Waals surface area contributed by atoms with Crippen molar-refractivity contribution in [3.05, 3.63) is 87.7 Å². The second kappa shape index (κ2) is 8.70. The average molecular weight is 459 g/mol. The van der Waals surface area contributed by atoms with Crippen LogP contribution in [0.1, 0.15) is 28.9 Å². The van der Waals surface area contributed by atoms with Crippen LogP contribution in [0.25, 0.3) is 16.6 Å². The van der Waals surface area contributed by atoms with E-state index in [0.717, 1.165) is 51.9 Å². The zero-order valence-corrected chi connectivity index (χ0v) is 19.2. The van der Waals surface area contributed by atoms with Gasteiger partial charge in [0.2, 0.25) is 0 Å². The summed E-state index contributed by atoms with van der Waals surface area (Å²) >= 11 is 0. The molecule has 0 unspecified atom stereocenters. The maximum absolute atomic E-state index is 12.9. The van der Waals surface area contributed by atoms with E-state index in [1.54, 1.807) is 23.0 Å². The van der Waals surface area contributed by atoms with Gasteiger partial charge in [0.1, 0.15) is 12.4 Å². The molecular weight excluding hydrogens is 432 g/mol. The Labute approximate surface area is 196 Å². The smallest absolute Gasteiger partial charge is 0.407 e. The fraction of sp³-hybridized carbons (Fsp3) is 0.269. The van der Waals surface area contributed by atoms with Crippen LogP contribution in [0.15, 0.2) is 59.7 Å². The Hall–Kier alpha value is -4.07. The molecule has 1 amide bonds. The van der Waals surface area contributed by atoms with Crippen molar-refractivity contribution < 1.29 is 14.6 Å². The molecule has 1 aromatic carbocycles. The third kappa shape index (κ3) is 4.03. The summed E-state index contributed by atoms with van der Waals surface area (Å²) in [4.78, 5) is 30.2. The summed E-state index contributed by atoms with van der Waals surface area (Å²) in [6, 6.07) is 13.0. The summed E-state index contributed by atoms with van der Waals surface area (Å²) < 4.78 is 9.49. The van der Waals surface area contributed by atoms with Crippen LogP contribution in [0.3, 0.4) is 0 Å². The van der Waals surface area contributed by atoms with Gasteiger partial charge in [-0.1, -0.05) is 12.1 Å². The molecule has 1 N–H and O–H groups in total. The monoisotopic (exact) mass is 458 g/mol. The number of fused-ring (bicyclic) bond motifs is 3. The minimum atomic E-state index is -0.894. The van der Waals surface area contributed by atoms with Gasteiger partial charge in [-0.05, 0) is 44.0 Å². The van der Waals surface area contributed by atoms with Gasteiger partial charge >= 0.3 is 6.09 Å². The quantitative estimate of drug-likeness (QED) is 0.499. The molecule has 4 aromatic rings. The molecule has 4 heterocycles. The molecule has 0 saturated heterocycles. The van der Waals surface area contributed by atoms with E-state index in [1.807, 2.05) is 44.3 Å². The number of aromatic nitrogens is 3. The Morgan fingerprint density at radius 2 is 2.03 bits per heavy atom. The molecule has 8 heteroatoms. The Morgan fingerprint density at radius 1 is 1.18 bits per heavy atom. The van der Waals surface area contributed by atoms with Crippen LogP contribution in [0.4, 0.5) is 4.79 Å². The number of amides is 1. The van der Waals surface area contributed by atoms with Crippen molar-refractivity contribution in [2.45, 2.75) is 32.9 Å². The minimum Gasteiger partial charge on any atom is -0.489 e. The van der Waals surface area contributed by atoms with Crippen LogP contribution < -0.4 is 10.3 Å². The van der Waals surface area contributed by atoms with Gasteiger partial charge in [0.15, 0.2) is 0 Å². The van der Waals surface area contributed by atoms with E-state index < -0.39 is 6.09 Å². The molecule has 34 heavy (non-hydrogen) atoms. The number of hydrogen-bond acceptors (Lipinski definition) is 4. The van der Waals surface area contributed by atoms with Gasteiger partial charge in [-0.3, -0.25) is 14.3 Å². The first-order chi connectivity index (χ1) is 16.4. The summed E-state index contributed by atoms with van der Waals surface area (Å²) in [7, 11) is 2.00. The zero-order chi connectivity index (χ0) is 23.8. The highest BCUT2D eigenvalue weighted by molar-refractivity contribution is 5.87. The summed E-state index contributed by atoms with van der Waals surface area (Å²) in [6.45, 7) is 3.18. The lowest BCUT2D eigenvalue weighted by atomic mass is 10.1. The largest absolute Gasteiger partial charge is 0.489 e. The van der Waals surface area contributed by atoms with Crippen molar-refractivity contribution >= 4 is 17.0 Å². The van der Waals surface area contributed by atoms with E-state index in [1.165, 1.54) is 11.0 Å². The number of nitrogens with zero attached hydrogens (tertiary/aromatic N) is 4. The molecule has 0 aliphatic carbocycles. The number of carboxylic acid groups (broad SMARTS) is 1. The third-order valence-electron chi connectivity index (χ3n) is 6.43. The molecule has 0 radical (unpaired) electrons. The minimum absolute atomic E-state index is 0.188. The summed E-state index contributed by atoms with van der Waals surface area (Å²) in [5, 5.41) is 10.5. The van der Waals surface area contributed by atoms with Gasteiger partial charge in [0, 0.05) is 60.0 Å². The molecule has 0 bridgehead atoms. The van der Waals surface area contributed by atoms with Crippen LogP contribution in [0.5, 0.6) is 5.75 Å². The van der Waals surface area contributed by atoms with Gasteiger partial charge in [-0.15, -0.1) is 0 Å². The number of rotatable bonds is 4. The highest BCUT2D eigenvalue weighted by Gasteiger charge is 2.23. The fourth-order valence-corrected chi connectivity index (χ4v) is 4.59. The summed E-state index contributed by atoms with van der Waals surface area (Å²) in [5.41, 5.74) is 5.61. The standard InChI is InChI=1S/C26H26N4O4/c1-17-5-6-18(14-27-17)16-34-20-9-11-30(25(31)13-20)19-7-8-21-22-15-29(26(32)33)10-3-4-23(22)28(2)24(21)12-19/h5-9,11-14H,3-4,10,15-16H2,1-2H3,(H,32,33). The van der Waals surface area contributed by atoms with Crippen LogP contribution in [-0.4, -0.2) is 36.8 Å². The highest BCUT2D eigenvalue weighted by atomic mass is 16.5. The van der Waals surface area contributed by atoms with Gasteiger partial charge in [-0.2, -0.15) is 0 Å². The van der Waals surface area contributed by atoms with Gasteiger partial charge < -0.3 is 19.3 Å². The molecule has 8 nitrogen and oxygen atoms in total. The lowest BCUT2D eigenvalue weighted by Crippen LogP contribution is -2.28. The number of aryl methyl sites for hydroxylation is 2. The zero-order valence-electron chi connectivity index (χ0n) is 19.2. The van der Waals surface area contributed by atoms with E-state index in [2.05, 4.69) is 9.55 Å². The molecule has 0 fully saturated rings. The first kappa shape index (κ1) is 21.8. The number of pyridine rings is 2. The molecule has 0 atom stereocenters. The summed E-state index contributed by atoms with van der Waals surface area (Å²) in [5.74, 6) is 0.502. The van der Waals surface area contributed by atoms with Crippen molar-refractivity contribution in [3.63, 3.8) is 0 Å². The normalized spacial score (nSPS) is 13.5. The molecule has 5 rings (SSSR count). The molecule has 174 valence electrons. The number of benzene rings is 1.